The first kappa shape index (κ1) is 17.3. The molecule has 0 spiro atoms. The minimum atomic E-state index is -0.341. The molecule has 1 aliphatic heterocycles. The Morgan fingerprint density at radius 1 is 1.19 bits per heavy atom. The third-order valence-electron chi connectivity index (χ3n) is 4.76. The highest BCUT2D eigenvalue weighted by molar-refractivity contribution is 6.02. The summed E-state index contributed by atoms with van der Waals surface area (Å²) in [6, 6.07) is 0.464. The zero-order chi connectivity index (χ0) is 19.0. The van der Waals surface area contributed by atoms with Crippen molar-refractivity contribution in [3.63, 3.8) is 0 Å². The van der Waals surface area contributed by atoms with E-state index in [1.54, 1.807) is 12.4 Å². The number of imidazole rings is 1. The number of carbonyl (C=O) groups excluding carboxylic acids is 1. The first-order valence-corrected chi connectivity index (χ1v) is 8.92. The zero-order valence-electron chi connectivity index (χ0n) is 15.6. The molecule has 4 heterocycles. The predicted octanol–water partition coefficient (Wildman–Crippen LogP) is 1.19. The maximum absolute atomic E-state index is 12.5. The van der Waals surface area contributed by atoms with Gasteiger partial charge in [-0.3, -0.25) is 4.79 Å². The van der Waals surface area contributed by atoms with Crippen molar-refractivity contribution in [2.24, 2.45) is 0 Å². The maximum atomic E-state index is 12.5. The van der Waals surface area contributed by atoms with Crippen molar-refractivity contribution in [1.29, 1.82) is 0 Å². The third kappa shape index (κ3) is 3.45. The van der Waals surface area contributed by atoms with Crippen LogP contribution >= 0.6 is 0 Å². The minimum absolute atomic E-state index is 0.254. The summed E-state index contributed by atoms with van der Waals surface area (Å²) in [4.78, 5) is 32.1. The van der Waals surface area contributed by atoms with Crippen molar-refractivity contribution < 1.29 is 4.79 Å². The van der Waals surface area contributed by atoms with E-state index in [1.807, 2.05) is 31.5 Å². The fourth-order valence-corrected chi connectivity index (χ4v) is 3.32. The molecule has 1 aliphatic rings. The number of hydrogen-bond acceptors (Lipinski definition) is 7. The summed E-state index contributed by atoms with van der Waals surface area (Å²) in [5, 5.41) is 6.05. The normalized spacial score (nSPS) is 16.9. The van der Waals surface area contributed by atoms with Crippen LogP contribution in [0.4, 0.5) is 11.6 Å². The molecule has 0 saturated carbocycles. The predicted molar refractivity (Wildman–Crippen MR) is 102 cm³/mol. The van der Waals surface area contributed by atoms with Gasteiger partial charge in [-0.1, -0.05) is 0 Å². The fraction of sp³-hybridized carbons (Fsp3) is 0.389. The van der Waals surface area contributed by atoms with Gasteiger partial charge in [-0.05, 0) is 27.3 Å². The van der Waals surface area contributed by atoms with Crippen molar-refractivity contribution in [2.45, 2.75) is 26.3 Å². The second-order valence-electron chi connectivity index (χ2n) is 6.76. The quantitative estimate of drug-likeness (QED) is 0.715. The van der Waals surface area contributed by atoms with Crippen molar-refractivity contribution >= 4 is 23.2 Å². The first-order chi connectivity index (χ1) is 13.0. The van der Waals surface area contributed by atoms with Gasteiger partial charge >= 0.3 is 0 Å². The Kier molecular flexibility index (Phi) is 4.44. The number of anilines is 2. The number of nitrogens with one attached hydrogen (secondary N) is 2. The Labute approximate surface area is 156 Å². The van der Waals surface area contributed by atoms with Gasteiger partial charge in [-0.2, -0.15) is 0 Å². The molecule has 3 aromatic heterocycles. The Bertz CT molecular complexity index is 981. The Morgan fingerprint density at radius 2 is 2.04 bits per heavy atom. The molecule has 0 bridgehead atoms. The zero-order valence-corrected chi connectivity index (χ0v) is 15.6. The summed E-state index contributed by atoms with van der Waals surface area (Å²) in [6.45, 7) is 5.60. The molecule has 27 heavy (non-hydrogen) atoms. The van der Waals surface area contributed by atoms with Gasteiger partial charge in [0.1, 0.15) is 17.3 Å². The van der Waals surface area contributed by atoms with Gasteiger partial charge in [0.25, 0.3) is 5.91 Å². The van der Waals surface area contributed by atoms with Crippen LogP contribution in [0.2, 0.25) is 0 Å². The molecular formula is C18H22N8O. The first-order valence-electron chi connectivity index (χ1n) is 8.92. The summed E-state index contributed by atoms with van der Waals surface area (Å²) < 4.78 is 1.85. The van der Waals surface area contributed by atoms with Crippen LogP contribution < -0.4 is 15.5 Å². The number of rotatable bonds is 4. The number of fused-ring (bicyclic) bond motifs is 1. The van der Waals surface area contributed by atoms with E-state index in [4.69, 9.17) is 0 Å². The van der Waals surface area contributed by atoms with Crippen molar-refractivity contribution in [3.05, 3.63) is 41.9 Å². The Hall–Kier alpha value is -3.07. The van der Waals surface area contributed by atoms with Crippen LogP contribution in [0.25, 0.3) is 5.65 Å². The lowest BCUT2D eigenvalue weighted by Gasteiger charge is -2.16. The van der Waals surface area contributed by atoms with Crippen molar-refractivity contribution in [1.82, 2.24) is 29.7 Å². The largest absolute Gasteiger partial charge is 0.354 e. The van der Waals surface area contributed by atoms with Gasteiger partial charge in [-0.15, -0.1) is 0 Å². The molecule has 0 aromatic carbocycles. The standard InChI is InChI=1S/C18H22N8O/c1-11-8-26-10-15(23-12(2)17(26)22-11)24-18(27)14-6-21-16(7-20-14)25-5-4-13(9-25)19-3/h6-8,10,13,19H,4-5,9H2,1-3H3,(H,24,27)/t13-/m1/s1. The number of aryl methyl sites for hydroxylation is 2. The molecule has 2 N–H and O–H groups in total. The lowest BCUT2D eigenvalue weighted by atomic mass is 10.3. The summed E-state index contributed by atoms with van der Waals surface area (Å²) in [7, 11) is 1.96. The third-order valence-corrected chi connectivity index (χ3v) is 4.76. The van der Waals surface area contributed by atoms with E-state index in [0.717, 1.165) is 42.4 Å². The molecule has 9 heteroatoms. The molecule has 1 fully saturated rings. The van der Waals surface area contributed by atoms with E-state index in [-0.39, 0.29) is 11.6 Å². The smallest absolute Gasteiger partial charge is 0.277 e. The van der Waals surface area contributed by atoms with Gasteiger partial charge in [0.05, 0.1) is 30.0 Å². The molecule has 140 valence electrons. The molecular weight excluding hydrogens is 344 g/mol. The van der Waals surface area contributed by atoms with E-state index in [1.165, 1.54) is 6.20 Å². The van der Waals surface area contributed by atoms with Crippen LogP contribution in [0.3, 0.4) is 0 Å². The average Bonchev–Trinajstić information content (AvgIpc) is 3.28. The molecule has 0 aliphatic carbocycles. The average molecular weight is 366 g/mol. The lowest BCUT2D eigenvalue weighted by Crippen LogP contribution is -2.30. The monoisotopic (exact) mass is 366 g/mol. The van der Waals surface area contributed by atoms with Crippen LogP contribution in [-0.2, 0) is 0 Å². The lowest BCUT2D eigenvalue weighted by molar-refractivity contribution is 0.102. The van der Waals surface area contributed by atoms with E-state index in [0.29, 0.717) is 11.9 Å². The Morgan fingerprint density at radius 3 is 2.74 bits per heavy atom. The molecule has 0 unspecified atom stereocenters. The van der Waals surface area contributed by atoms with Crippen LogP contribution in [0, 0.1) is 13.8 Å². The second-order valence-corrected chi connectivity index (χ2v) is 6.76. The summed E-state index contributed by atoms with van der Waals surface area (Å²) in [5.74, 6) is 0.893. The number of carbonyl (C=O) groups is 1. The van der Waals surface area contributed by atoms with Crippen LogP contribution in [-0.4, -0.2) is 56.4 Å². The molecule has 1 atom stereocenters. The number of aromatic nitrogens is 5. The van der Waals surface area contributed by atoms with Crippen molar-refractivity contribution in [3.8, 4) is 0 Å². The SMILES string of the molecule is CN[C@@H]1CCN(c2cnc(C(=O)Nc3cn4cc(C)nc4c(C)n3)cn2)C1. The van der Waals surface area contributed by atoms with Gasteiger partial charge < -0.3 is 19.9 Å². The van der Waals surface area contributed by atoms with E-state index in [9.17, 15) is 4.79 Å². The molecule has 9 nitrogen and oxygen atoms in total. The molecule has 1 amide bonds. The van der Waals surface area contributed by atoms with E-state index >= 15 is 0 Å². The number of amides is 1. The topological polar surface area (TPSA) is 100 Å². The summed E-state index contributed by atoms with van der Waals surface area (Å²) in [6.07, 6.45) is 7.85. The van der Waals surface area contributed by atoms with Gasteiger partial charge in [-0.25, -0.2) is 19.9 Å². The van der Waals surface area contributed by atoms with E-state index < -0.39 is 0 Å². The second kappa shape index (κ2) is 6.92. The van der Waals surface area contributed by atoms with Crippen LogP contribution in [0.5, 0.6) is 0 Å². The summed E-state index contributed by atoms with van der Waals surface area (Å²) >= 11 is 0. The number of likely N-dealkylation sites (N-methyl/N-ethyl adjacent to an activating group) is 1. The molecule has 0 radical (unpaired) electrons. The Balaban J connectivity index is 1.48. The number of nitrogens with zero attached hydrogens (tertiary/aromatic N) is 6. The van der Waals surface area contributed by atoms with Crippen LogP contribution in [0.1, 0.15) is 28.3 Å². The van der Waals surface area contributed by atoms with Gasteiger partial charge in [0.15, 0.2) is 5.65 Å². The minimum Gasteiger partial charge on any atom is -0.354 e. The highest BCUT2D eigenvalue weighted by atomic mass is 16.1. The molecule has 1 saturated heterocycles. The van der Waals surface area contributed by atoms with E-state index in [2.05, 4.69) is 35.5 Å². The maximum Gasteiger partial charge on any atom is 0.277 e. The highest BCUT2D eigenvalue weighted by Gasteiger charge is 2.22. The number of hydrogen-bond donors (Lipinski definition) is 2. The van der Waals surface area contributed by atoms with Crippen molar-refractivity contribution in [2.75, 3.05) is 30.4 Å². The van der Waals surface area contributed by atoms with Crippen LogP contribution in [0.15, 0.2) is 24.8 Å². The molecule has 4 rings (SSSR count). The van der Waals surface area contributed by atoms with Gasteiger partial charge in [0, 0.05) is 25.3 Å². The van der Waals surface area contributed by atoms with Gasteiger partial charge in [0.2, 0.25) is 0 Å². The molecule has 3 aromatic rings. The fourth-order valence-electron chi connectivity index (χ4n) is 3.32. The highest BCUT2D eigenvalue weighted by Crippen LogP contribution is 2.17. The summed E-state index contributed by atoms with van der Waals surface area (Å²) in [5.41, 5.74) is 2.67.